The quantitative estimate of drug-likeness (QED) is 0.417. The molecular formula is C19H14Cl2F2N4O4S. The summed E-state index contributed by atoms with van der Waals surface area (Å²) in [4.78, 5) is 18.0. The van der Waals surface area contributed by atoms with Gasteiger partial charge in [-0.15, -0.1) is 0 Å². The predicted molar refractivity (Wildman–Crippen MR) is 109 cm³/mol. The number of hydrogen-bond acceptors (Lipinski definition) is 6. The van der Waals surface area contributed by atoms with Crippen molar-refractivity contribution in [3.05, 3.63) is 57.7 Å². The first kappa shape index (κ1) is 22.6. The Morgan fingerprint density at radius 3 is 2.53 bits per heavy atom. The molecule has 8 nitrogen and oxygen atoms in total. The Balaban J connectivity index is 2.01. The van der Waals surface area contributed by atoms with Crippen LogP contribution in [0.3, 0.4) is 0 Å². The van der Waals surface area contributed by atoms with Crippen molar-refractivity contribution in [2.24, 2.45) is 0 Å². The van der Waals surface area contributed by atoms with E-state index >= 15 is 8.78 Å². The van der Waals surface area contributed by atoms with Gasteiger partial charge in [0, 0.05) is 18.2 Å². The summed E-state index contributed by atoms with van der Waals surface area (Å²) >= 11 is 12.0. The summed E-state index contributed by atoms with van der Waals surface area (Å²) < 4.78 is 57.9. The zero-order valence-corrected chi connectivity index (χ0v) is 18.4. The molecule has 13 heteroatoms. The molecule has 0 aliphatic heterocycles. The van der Waals surface area contributed by atoms with Crippen LogP contribution in [0.4, 0.5) is 8.78 Å². The van der Waals surface area contributed by atoms with E-state index in [4.69, 9.17) is 28.3 Å². The van der Waals surface area contributed by atoms with Gasteiger partial charge >= 0.3 is 5.97 Å². The fourth-order valence-corrected chi connectivity index (χ4v) is 6.04. The molecule has 0 aromatic carbocycles. The average molecular weight is 503 g/mol. The second kappa shape index (κ2) is 8.05. The van der Waals surface area contributed by atoms with Gasteiger partial charge in [0.15, 0.2) is 5.03 Å². The standard InChI is InChI=1S/C19H14Cl2F2N4O4S/c20-12-6-8-24-16(21)14(12)32(30,31)17-11-3-1-2-7-19(22,23)15(11)27(26-17)10-4-5-13(18(28)29)25-9-10/h4-6,8-9H,1-3,7H2,(H,28,29). The Labute approximate surface area is 190 Å². The van der Waals surface area contributed by atoms with Crippen LogP contribution in [0.1, 0.15) is 41.0 Å². The van der Waals surface area contributed by atoms with Gasteiger partial charge in [0.05, 0.1) is 16.9 Å². The number of halogens is 4. The fraction of sp³-hybridized carbons (Fsp3) is 0.263. The summed E-state index contributed by atoms with van der Waals surface area (Å²) in [6.07, 6.45) is 2.29. The summed E-state index contributed by atoms with van der Waals surface area (Å²) in [5.41, 5.74) is -1.06. The number of hydrogen-bond donors (Lipinski definition) is 1. The molecule has 1 aliphatic rings. The van der Waals surface area contributed by atoms with Gasteiger partial charge in [-0.25, -0.2) is 27.9 Å². The first-order valence-electron chi connectivity index (χ1n) is 9.29. The number of carboxylic acids is 1. The maximum Gasteiger partial charge on any atom is 0.354 e. The summed E-state index contributed by atoms with van der Waals surface area (Å²) in [7, 11) is -4.52. The number of aromatic nitrogens is 4. The number of pyridine rings is 2. The van der Waals surface area contributed by atoms with Crippen molar-refractivity contribution >= 4 is 39.0 Å². The van der Waals surface area contributed by atoms with Gasteiger partial charge in [-0.3, -0.25) is 0 Å². The van der Waals surface area contributed by atoms with E-state index in [0.717, 1.165) is 16.9 Å². The van der Waals surface area contributed by atoms with Crippen molar-refractivity contribution in [3.8, 4) is 5.69 Å². The lowest BCUT2D eigenvalue weighted by Gasteiger charge is -2.17. The smallest absolute Gasteiger partial charge is 0.354 e. The third-order valence-electron chi connectivity index (χ3n) is 5.01. The molecule has 0 fully saturated rings. The minimum absolute atomic E-state index is 0.0161. The highest BCUT2D eigenvalue weighted by Gasteiger charge is 2.44. The zero-order valence-electron chi connectivity index (χ0n) is 16.1. The molecule has 0 bridgehead atoms. The number of sulfone groups is 1. The van der Waals surface area contributed by atoms with Crippen LogP contribution < -0.4 is 0 Å². The van der Waals surface area contributed by atoms with Crippen LogP contribution >= 0.6 is 23.2 Å². The maximum absolute atomic E-state index is 15.1. The van der Waals surface area contributed by atoms with Gasteiger partial charge < -0.3 is 5.11 Å². The van der Waals surface area contributed by atoms with E-state index < -0.39 is 48.9 Å². The van der Waals surface area contributed by atoms with Crippen LogP contribution in [0.2, 0.25) is 10.2 Å². The Morgan fingerprint density at radius 2 is 1.91 bits per heavy atom. The summed E-state index contributed by atoms with van der Waals surface area (Å²) in [5, 5.41) is 11.8. The summed E-state index contributed by atoms with van der Waals surface area (Å²) in [5.74, 6) is -4.69. The molecule has 0 saturated heterocycles. The minimum Gasteiger partial charge on any atom is -0.477 e. The summed E-state index contributed by atoms with van der Waals surface area (Å²) in [6, 6.07) is 3.56. The Bertz CT molecular complexity index is 1310. The van der Waals surface area contributed by atoms with E-state index in [-0.39, 0.29) is 34.8 Å². The molecule has 1 N–H and O–H groups in total. The van der Waals surface area contributed by atoms with Crippen LogP contribution in [-0.2, 0) is 22.2 Å². The highest BCUT2D eigenvalue weighted by Crippen LogP contribution is 2.44. The number of aromatic carboxylic acids is 1. The van der Waals surface area contributed by atoms with Crippen molar-refractivity contribution in [2.75, 3.05) is 0 Å². The average Bonchev–Trinajstić information content (AvgIpc) is 3.05. The molecule has 3 aromatic heterocycles. The Hall–Kier alpha value is -2.63. The van der Waals surface area contributed by atoms with Crippen molar-refractivity contribution in [2.45, 2.75) is 41.5 Å². The molecule has 3 aromatic rings. The van der Waals surface area contributed by atoms with Crippen molar-refractivity contribution < 1.29 is 27.1 Å². The number of fused-ring (bicyclic) bond motifs is 1. The molecule has 0 unspecified atom stereocenters. The molecule has 1 aliphatic carbocycles. The molecule has 4 rings (SSSR count). The number of nitrogens with zero attached hydrogens (tertiary/aromatic N) is 4. The molecule has 0 amide bonds. The van der Waals surface area contributed by atoms with Gasteiger partial charge in [-0.2, -0.15) is 13.9 Å². The monoisotopic (exact) mass is 502 g/mol. The van der Waals surface area contributed by atoms with E-state index in [9.17, 15) is 13.2 Å². The molecule has 32 heavy (non-hydrogen) atoms. The largest absolute Gasteiger partial charge is 0.477 e. The third-order valence-corrected chi connectivity index (χ3v) is 7.62. The van der Waals surface area contributed by atoms with Crippen LogP contribution in [-0.4, -0.2) is 39.2 Å². The number of alkyl halides is 2. The van der Waals surface area contributed by atoms with E-state index in [1.807, 2.05) is 0 Å². The maximum atomic E-state index is 15.1. The SMILES string of the molecule is O=C(O)c1ccc(-n2nc(S(=O)(=O)c3c(Cl)ccnc3Cl)c3c2C(F)(F)CCCC3)cn1. The lowest BCUT2D eigenvalue weighted by atomic mass is 10.1. The third kappa shape index (κ3) is 3.74. The number of carbonyl (C=O) groups is 1. The second-order valence-corrected chi connectivity index (χ2v) is 9.65. The predicted octanol–water partition coefficient (Wildman–Crippen LogP) is 4.32. The Kier molecular flexibility index (Phi) is 5.68. The Morgan fingerprint density at radius 1 is 1.16 bits per heavy atom. The number of carboxylic acid groups (broad SMARTS) is 1. The minimum atomic E-state index is -4.52. The first-order chi connectivity index (χ1) is 15.0. The zero-order chi connectivity index (χ0) is 23.3. The van der Waals surface area contributed by atoms with E-state index in [1.165, 1.54) is 18.3 Å². The lowest BCUT2D eigenvalue weighted by molar-refractivity contribution is -0.0203. The van der Waals surface area contributed by atoms with Crippen LogP contribution in [0.5, 0.6) is 0 Å². The molecular weight excluding hydrogens is 489 g/mol. The molecule has 0 radical (unpaired) electrons. The molecule has 168 valence electrons. The molecule has 0 atom stereocenters. The lowest BCUT2D eigenvalue weighted by Crippen LogP contribution is -2.19. The first-order valence-corrected chi connectivity index (χ1v) is 11.5. The molecule has 3 heterocycles. The van der Waals surface area contributed by atoms with E-state index in [1.54, 1.807) is 0 Å². The van der Waals surface area contributed by atoms with E-state index in [2.05, 4.69) is 15.1 Å². The van der Waals surface area contributed by atoms with Gasteiger partial charge in [-0.1, -0.05) is 23.2 Å². The fourth-order valence-electron chi connectivity index (χ4n) is 3.58. The highest BCUT2D eigenvalue weighted by molar-refractivity contribution is 7.91. The second-order valence-electron chi connectivity index (χ2n) is 7.08. The topological polar surface area (TPSA) is 115 Å². The highest BCUT2D eigenvalue weighted by atomic mass is 35.5. The number of rotatable bonds is 4. The van der Waals surface area contributed by atoms with Gasteiger partial charge in [0.2, 0.25) is 9.84 Å². The van der Waals surface area contributed by atoms with Gasteiger partial charge in [-0.05, 0) is 37.5 Å². The van der Waals surface area contributed by atoms with Crippen molar-refractivity contribution in [1.82, 2.24) is 19.7 Å². The van der Waals surface area contributed by atoms with Crippen molar-refractivity contribution in [3.63, 3.8) is 0 Å². The van der Waals surface area contributed by atoms with E-state index in [0.29, 0.717) is 6.42 Å². The van der Waals surface area contributed by atoms with Crippen molar-refractivity contribution in [1.29, 1.82) is 0 Å². The summed E-state index contributed by atoms with van der Waals surface area (Å²) in [6.45, 7) is 0. The van der Waals surface area contributed by atoms with Crippen LogP contribution in [0.25, 0.3) is 5.69 Å². The molecule has 0 spiro atoms. The molecule has 0 saturated carbocycles. The van der Waals surface area contributed by atoms with Crippen LogP contribution in [0, 0.1) is 0 Å². The van der Waals surface area contributed by atoms with Crippen LogP contribution in [0.15, 0.2) is 40.5 Å². The normalized spacial score (nSPS) is 15.8. The van der Waals surface area contributed by atoms with Gasteiger partial charge in [0.25, 0.3) is 5.92 Å². The van der Waals surface area contributed by atoms with Gasteiger partial charge in [0.1, 0.15) is 21.4 Å².